The number of rotatable bonds is 9. The van der Waals surface area contributed by atoms with E-state index in [0.29, 0.717) is 6.61 Å². The van der Waals surface area contributed by atoms with Crippen molar-refractivity contribution >= 4 is 5.78 Å². The van der Waals surface area contributed by atoms with Crippen molar-refractivity contribution in [2.75, 3.05) is 13.2 Å². The van der Waals surface area contributed by atoms with E-state index in [4.69, 9.17) is 9.84 Å². The zero-order chi connectivity index (χ0) is 13.5. The van der Waals surface area contributed by atoms with E-state index >= 15 is 0 Å². The van der Waals surface area contributed by atoms with Gasteiger partial charge in [-0.2, -0.15) is 0 Å². The SMILES string of the molecule is CCCCCCOC(C)(C)C(C)(C)C(=O)CO. The lowest BCUT2D eigenvalue weighted by Gasteiger charge is -2.39. The van der Waals surface area contributed by atoms with Crippen molar-refractivity contribution in [3.63, 3.8) is 0 Å². The summed E-state index contributed by atoms with van der Waals surface area (Å²) in [6.07, 6.45) is 4.63. The quantitative estimate of drug-likeness (QED) is 0.634. The van der Waals surface area contributed by atoms with E-state index in [2.05, 4.69) is 6.92 Å². The van der Waals surface area contributed by atoms with Gasteiger partial charge < -0.3 is 9.84 Å². The molecule has 0 rings (SSSR count). The van der Waals surface area contributed by atoms with Crippen LogP contribution in [-0.4, -0.2) is 29.7 Å². The molecule has 0 aromatic rings. The van der Waals surface area contributed by atoms with Gasteiger partial charge in [0.1, 0.15) is 6.61 Å². The van der Waals surface area contributed by atoms with Crippen LogP contribution in [0.1, 0.15) is 60.3 Å². The van der Waals surface area contributed by atoms with Crippen LogP contribution in [0.4, 0.5) is 0 Å². The average molecular weight is 244 g/mol. The van der Waals surface area contributed by atoms with Gasteiger partial charge in [0.15, 0.2) is 5.78 Å². The van der Waals surface area contributed by atoms with E-state index in [1.54, 1.807) is 0 Å². The number of carbonyl (C=O) groups excluding carboxylic acids is 1. The molecule has 0 heterocycles. The highest BCUT2D eigenvalue weighted by atomic mass is 16.5. The fourth-order valence-corrected chi connectivity index (χ4v) is 1.57. The molecule has 0 fully saturated rings. The molecule has 0 aliphatic heterocycles. The van der Waals surface area contributed by atoms with Crippen molar-refractivity contribution in [3.8, 4) is 0 Å². The second-order valence-electron chi connectivity index (χ2n) is 5.63. The molecule has 102 valence electrons. The molecule has 0 atom stereocenters. The second-order valence-corrected chi connectivity index (χ2v) is 5.63. The summed E-state index contributed by atoms with van der Waals surface area (Å²) in [4.78, 5) is 11.7. The molecule has 0 aromatic heterocycles. The number of Topliss-reactive ketones (excluding diaryl/α,β-unsaturated/α-hetero) is 1. The lowest BCUT2D eigenvalue weighted by molar-refractivity contribution is -0.151. The Balaban J connectivity index is 4.22. The van der Waals surface area contributed by atoms with Gasteiger partial charge >= 0.3 is 0 Å². The molecule has 0 unspecified atom stereocenters. The van der Waals surface area contributed by atoms with Gasteiger partial charge in [0.25, 0.3) is 0 Å². The fourth-order valence-electron chi connectivity index (χ4n) is 1.57. The lowest BCUT2D eigenvalue weighted by Crippen LogP contribution is -2.48. The van der Waals surface area contributed by atoms with Crippen molar-refractivity contribution in [1.82, 2.24) is 0 Å². The molecule has 0 amide bonds. The lowest BCUT2D eigenvalue weighted by atomic mass is 9.74. The molecular weight excluding hydrogens is 216 g/mol. The number of unbranched alkanes of at least 4 members (excludes halogenated alkanes) is 3. The van der Waals surface area contributed by atoms with Crippen molar-refractivity contribution in [3.05, 3.63) is 0 Å². The highest BCUT2D eigenvalue weighted by molar-refractivity contribution is 5.86. The van der Waals surface area contributed by atoms with Crippen LogP contribution < -0.4 is 0 Å². The highest BCUT2D eigenvalue weighted by Crippen LogP contribution is 2.34. The summed E-state index contributed by atoms with van der Waals surface area (Å²) in [6.45, 7) is 9.93. The van der Waals surface area contributed by atoms with Gasteiger partial charge in [-0.3, -0.25) is 4.79 Å². The Kier molecular flexibility index (Phi) is 6.95. The Morgan fingerprint density at radius 2 is 1.71 bits per heavy atom. The maximum atomic E-state index is 11.7. The molecule has 0 saturated carbocycles. The molecule has 0 aliphatic carbocycles. The van der Waals surface area contributed by atoms with Crippen molar-refractivity contribution in [1.29, 1.82) is 0 Å². The predicted octanol–water partition coefficient (Wildman–Crippen LogP) is 2.95. The minimum absolute atomic E-state index is 0.170. The highest BCUT2D eigenvalue weighted by Gasteiger charge is 2.43. The maximum absolute atomic E-state index is 11.7. The van der Waals surface area contributed by atoms with E-state index in [-0.39, 0.29) is 5.78 Å². The van der Waals surface area contributed by atoms with Gasteiger partial charge in [-0.05, 0) is 20.3 Å². The minimum Gasteiger partial charge on any atom is -0.389 e. The van der Waals surface area contributed by atoms with E-state index in [0.717, 1.165) is 6.42 Å². The smallest absolute Gasteiger partial charge is 0.166 e. The first-order valence-electron chi connectivity index (χ1n) is 6.57. The zero-order valence-corrected chi connectivity index (χ0v) is 12.0. The van der Waals surface area contributed by atoms with Crippen molar-refractivity contribution in [2.24, 2.45) is 5.41 Å². The summed E-state index contributed by atoms with van der Waals surface area (Å²) in [6, 6.07) is 0. The third-order valence-corrected chi connectivity index (χ3v) is 3.81. The van der Waals surface area contributed by atoms with Crippen LogP contribution in [0.15, 0.2) is 0 Å². The van der Waals surface area contributed by atoms with Crippen molar-refractivity contribution < 1.29 is 14.6 Å². The molecular formula is C14H28O3. The minimum atomic E-state index is -0.660. The molecule has 1 N–H and O–H groups in total. The second kappa shape index (κ2) is 7.12. The normalized spacial score (nSPS) is 12.8. The number of aliphatic hydroxyl groups is 1. The first-order chi connectivity index (χ1) is 7.79. The van der Waals surface area contributed by atoms with Crippen LogP contribution in [0.2, 0.25) is 0 Å². The number of hydrogen-bond donors (Lipinski definition) is 1. The first kappa shape index (κ1) is 16.6. The number of ketones is 1. The van der Waals surface area contributed by atoms with Gasteiger partial charge in [-0.25, -0.2) is 0 Å². The van der Waals surface area contributed by atoms with Gasteiger partial charge in [0, 0.05) is 6.61 Å². The van der Waals surface area contributed by atoms with Crippen LogP contribution in [0.3, 0.4) is 0 Å². The van der Waals surface area contributed by atoms with Crippen LogP contribution >= 0.6 is 0 Å². The third kappa shape index (κ3) is 4.76. The third-order valence-electron chi connectivity index (χ3n) is 3.81. The van der Waals surface area contributed by atoms with E-state index in [1.807, 2.05) is 27.7 Å². The Labute approximate surface area is 106 Å². The summed E-state index contributed by atoms with van der Waals surface area (Å²) in [5, 5.41) is 8.97. The van der Waals surface area contributed by atoms with E-state index in [9.17, 15) is 4.79 Å². The summed E-state index contributed by atoms with van der Waals surface area (Å²) in [7, 11) is 0. The molecule has 3 nitrogen and oxygen atoms in total. The standard InChI is InChI=1S/C14H28O3/c1-6-7-8-9-10-17-14(4,5)13(2,3)12(16)11-15/h15H,6-11H2,1-5H3. The molecule has 0 spiro atoms. The van der Waals surface area contributed by atoms with Gasteiger partial charge in [0.05, 0.1) is 11.0 Å². The average Bonchev–Trinajstić information content (AvgIpc) is 2.27. The Bertz CT molecular complexity index is 232. The monoisotopic (exact) mass is 244 g/mol. The predicted molar refractivity (Wildman–Crippen MR) is 70.0 cm³/mol. The van der Waals surface area contributed by atoms with E-state index < -0.39 is 17.6 Å². The molecule has 0 bridgehead atoms. The van der Waals surface area contributed by atoms with Crippen molar-refractivity contribution in [2.45, 2.75) is 65.9 Å². The summed E-state index contributed by atoms with van der Waals surface area (Å²) in [5.41, 5.74) is -1.20. The summed E-state index contributed by atoms with van der Waals surface area (Å²) >= 11 is 0. The number of ether oxygens (including phenoxy) is 1. The van der Waals surface area contributed by atoms with Crippen LogP contribution in [0, 0.1) is 5.41 Å². The molecule has 17 heavy (non-hydrogen) atoms. The van der Waals surface area contributed by atoms with Gasteiger partial charge in [0.2, 0.25) is 0 Å². The molecule has 0 aliphatic rings. The molecule has 3 heteroatoms. The number of hydrogen-bond acceptors (Lipinski definition) is 3. The van der Waals surface area contributed by atoms with Gasteiger partial charge in [-0.1, -0.05) is 40.0 Å². The first-order valence-corrected chi connectivity index (χ1v) is 6.57. The molecule has 0 radical (unpaired) electrons. The maximum Gasteiger partial charge on any atom is 0.166 e. The summed E-state index contributed by atoms with van der Waals surface area (Å²) < 4.78 is 5.83. The van der Waals surface area contributed by atoms with E-state index in [1.165, 1.54) is 19.3 Å². The Morgan fingerprint density at radius 1 is 1.12 bits per heavy atom. The van der Waals surface area contributed by atoms with Crippen LogP contribution in [-0.2, 0) is 9.53 Å². The molecule has 0 saturated heterocycles. The summed E-state index contributed by atoms with van der Waals surface area (Å²) in [5.74, 6) is -0.170. The van der Waals surface area contributed by atoms with Crippen LogP contribution in [0.25, 0.3) is 0 Å². The number of aliphatic hydroxyl groups excluding tert-OH is 1. The van der Waals surface area contributed by atoms with Gasteiger partial charge in [-0.15, -0.1) is 0 Å². The fraction of sp³-hybridized carbons (Fsp3) is 0.929. The topological polar surface area (TPSA) is 46.5 Å². The number of carbonyl (C=O) groups is 1. The Morgan fingerprint density at radius 3 is 2.18 bits per heavy atom. The molecule has 0 aromatic carbocycles. The van der Waals surface area contributed by atoms with Crippen LogP contribution in [0.5, 0.6) is 0 Å². The zero-order valence-electron chi connectivity index (χ0n) is 12.0. The largest absolute Gasteiger partial charge is 0.389 e. The Hall–Kier alpha value is -0.410.